The van der Waals surface area contributed by atoms with E-state index in [0.717, 1.165) is 0 Å². The Morgan fingerprint density at radius 3 is 2.64 bits per heavy atom. The number of benzene rings is 1. The molecule has 0 unspecified atom stereocenters. The molecule has 1 amide bonds. The fraction of sp³-hybridized carbons (Fsp3) is 0.222. The lowest BCUT2D eigenvalue weighted by atomic mass is 10.2. The predicted octanol–water partition coefficient (Wildman–Crippen LogP) is 1.66. The number of ether oxygens (including phenoxy) is 1. The second kappa shape index (κ2) is 4.32. The van der Waals surface area contributed by atoms with Crippen molar-refractivity contribution in [1.29, 1.82) is 0 Å². The molecular formula is C9H10FNO2S. The van der Waals surface area contributed by atoms with Crippen molar-refractivity contribution in [2.24, 2.45) is 5.73 Å². The maximum atomic E-state index is 13.6. The molecule has 3 nitrogen and oxygen atoms in total. The monoisotopic (exact) mass is 215 g/mol. The lowest BCUT2D eigenvalue weighted by molar-refractivity contribution is 0.0996. The second-order valence-corrected chi connectivity index (χ2v) is 3.34. The van der Waals surface area contributed by atoms with Gasteiger partial charge in [-0.05, 0) is 18.4 Å². The zero-order valence-corrected chi connectivity index (χ0v) is 8.65. The minimum absolute atomic E-state index is 0.116. The van der Waals surface area contributed by atoms with Gasteiger partial charge in [0.2, 0.25) is 0 Å². The number of hydrogen-bond acceptors (Lipinski definition) is 3. The van der Waals surface area contributed by atoms with E-state index in [1.807, 2.05) is 0 Å². The van der Waals surface area contributed by atoms with E-state index in [9.17, 15) is 9.18 Å². The molecule has 0 fully saturated rings. The smallest absolute Gasteiger partial charge is 0.251 e. The Kier molecular flexibility index (Phi) is 3.35. The number of rotatable bonds is 3. The lowest BCUT2D eigenvalue weighted by Gasteiger charge is -2.08. The van der Waals surface area contributed by atoms with Crippen LogP contribution in [0.5, 0.6) is 5.75 Å². The normalized spacial score (nSPS) is 9.93. The number of hydrogen-bond donors (Lipinski definition) is 1. The summed E-state index contributed by atoms with van der Waals surface area (Å²) in [7, 11) is 1.44. The van der Waals surface area contributed by atoms with E-state index >= 15 is 0 Å². The predicted molar refractivity (Wildman–Crippen MR) is 53.3 cm³/mol. The first-order valence-corrected chi connectivity index (χ1v) is 5.04. The van der Waals surface area contributed by atoms with Crippen LogP contribution in [0.25, 0.3) is 0 Å². The molecule has 0 atom stereocenters. The van der Waals surface area contributed by atoms with Gasteiger partial charge in [0.25, 0.3) is 5.91 Å². The summed E-state index contributed by atoms with van der Waals surface area (Å²) in [6.07, 6.45) is 1.70. The van der Waals surface area contributed by atoms with Gasteiger partial charge in [0.1, 0.15) is 5.75 Å². The highest BCUT2D eigenvalue weighted by molar-refractivity contribution is 7.98. The average Bonchev–Trinajstić information content (AvgIpc) is 2.16. The summed E-state index contributed by atoms with van der Waals surface area (Å²) in [6, 6.07) is 2.84. The number of carbonyl (C=O) groups is 1. The molecule has 0 radical (unpaired) electrons. The van der Waals surface area contributed by atoms with Crippen LogP contribution in [0.4, 0.5) is 4.39 Å². The van der Waals surface area contributed by atoms with Crippen molar-refractivity contribution in [2.75, 3.05) is 13.4 Å². The van der Waals surface area contributed by atoms with Gasteiger partial charge < -0.3 is 10.5 Å². The molecule has 0 aliphatic carbocycles. The van der Waals surface area contributed by atoms with E-state index in [2.05, 4.69) is 0 Å². The minimum atomic E-state index is -0.777. The van der Waals surface area contributed by atoms with Crippen LogP contribution in [0, 0.1) is 5.82 Å². The maximum absolute atomic E-state index is 13.6. The highest BCUT2D eigenvalue weighted by Crippen LogP contribution is 2.31. The van der Waals surface area contributed by atoms with E-state index in [-0.39, 0.29) is 5.56 Å². The van der Waals surface area contributed by atoms with Crippen molar-refractivity contribution in [3.8, 4) is 5.75 Å². The Labute approximate surface area is 85.4 Å². The van der Waals surface area contributed by atoms with E-state index in [4.69, 9.17) is 10.5 Å². The average molecular weight is 215 g/mol. The number of nitrogens with two attached hydrogens (primary N) is 1. The van der Waals surface area contributed by atoms with Crippen molar-refractivity contribution >= 4 is 17.7 Å². The molecule has 2 N–H and O–H groups in total. The summed E-state index contributed by atoms with van der Waals surface area (Å²) < 4.78 is 18.5. The number of thioether (sulfide) groups is 1. The van der Waals surface area contributed by atoms with Gasteiger partial charge in [-0.2, -0.15) is 0 Å². The van der Waals surface area contributed by atoms with Crippen LogP contribution in [0.15, 0.2) is 17.0 Å². The molecule has 0 aliphatic heterocycles. The van der Waals surface area contributed by atoms with Crippen LogP contribution in [0.1, 0.15) is 10.4 Å². The Bertz CT molecular complexity index is 368. The van der Waals surface area contributed by atoms with Gasteiger partial charge >= 0.3 is 0 Å². The molecule has 0 saturated heterocycles. The zero-order valence-electron chi connectivity index (χ0n) is 7.83. The summed E-state index contributed by atoms with van der Waals surface area (Å²) in [6.45, 7) is 0. The van der Waals surface area contributed by atoms with Gasteiger partial charge in [-0.1, -0.05) is 0 Å². The lowest BCUT2D eigenvalue weighted by Crippen LogP contribution is -2.13. The summed E-state index contributed by atoms with van der Waals surface area (Å²) >= 11 is 1.17. The molecular weight excluding hydrogens is 205 g/mol. The topological polar surface area (TPSA) is 52.3 Å². The number of amides is 1. The molecule has 1 aromatic rings. The first-order valence-electron chi connectivity index (χ1n) is 3.82. The SMILES string of the molecule is COc1ccc(C(N)=O)c(F)c1SC. The summed E-state index contributed by atoms with van der Waals surface area (Å²) in [5.41, 5.74) is 4.89. The number of carbonyl (C=O) groups excluding carboxylic acids is 1. The van der Waals surface area contributed by atoms with Crippen molar-refractivity contribution in [1.82, 2.24) is 0 Å². The van der Waals surface area contributed by atoms with Gasteiger partial charge in [0, 0.05) is 0 Å². The van der Waals surface area contributed by atoms with Crippen LogP contribution in [-0.4, -0.2) is 19.3 Å². The Morgan fingerprint density at radius 1 is 1.57 bits per heavy atom. The standard InChI is InChI=1S/C9H10FNO2S/c1-13-6-4-3-5(9(11)12)7(10)8(6)14-2/h3-4H,1-2H3,(H2,11,12). The number of halogens is 1. The molecule has 14 heavy (non-hydrogen) atoms. The van der Waals surface area contributed by atoms with Gasteiger partial charge in [-0.15, -0.1) is 11.8 Å². The molecule has 1 rings (SSSR count). The van der Waals surface area contributed by atoms with Gasteiger partial charge in [0.15, 0.2) is 5.82 Å². The molecule has 0 spiro atoms. The molecule has 0 saturated carbocycles. The van der Waals surface area contributed by atoms with Gasteiger partial charge in [-0.25, -0.2) is 4.39 Å². The first kappa shape index (κ1) is 10.8. The summed E-state index contributed by atoms with van der Waals surface area (Å²) in [4.78, 5) is 11.1. The minimum Gasteiger partial charge on any atom is -0.495 e. The molecule has 0 aliphatic rings. The van der Waals surface area contributed by atoms with Crippen LogP contribution in [0.3, 0.4) is 0 Å². The van der Waals surface area contributed by atoms with Crippen LogP contribution in [0.2, 0.25) is 0 Å². The Hall–Kier alpha value is -1.23. The fourth-order valence-electron chi connectivity index (χ4n) is 1.08. The van der Waals surface area contributed by atoms with Gasteiger partial charge in [0.05, 0.1) is 17.6 Å². The Balaban J connectivity index is 3.34. The van der Waals surface area contributed by atoms with E-state index in [0.29, 0.717) is 10.6 Å². The highest BCUT2D eigenvalue weighted by Gasteiger charge is 2.16. The third kappa shape index (κ3) is 1.82. The Morgan fingerprint density at radius 2 is 2.21 bits per heavy atom. The largest absolute Gasteiger partial charge is 0.495 e. The fourth-order valence-corrected chi connectivity index (χ4v) is 1.72. The quantitative estimate of drug-likeness (QED) is 0.780. The molecule has 0 aromatic heterocycles. The van der Waals surface area contributed by atoms with Crippen molar-refractivity contribution in [2.45, 2.75) is 4.90 Å². The van der Waals surface area contributed by atoms with Crippen molar-refractivity contribution in [3.05, 3.63) is 23.5 Å². The van der Waals surface area contributed by atoms with E-state index in [1.165, 1.54) is 31.0 Å². The van der Waals surface area contributed by atoms with Crippen LogP contribution < -0.4 is 10.5 Å². The summed E-state index contributed by atoms with van der Waals surface area (Å²) in [5, 5.41) is 0. The molecule has 5 heteroatoms. The third-order valence-electron chi connectivity index (χ3n) is 1.75. The van der Waals surface area contributed by atoms with Crippen LogP contribution in [-0.2, 0) is 0 Å². The van der Waals surface area contributed by atoms with Gasteiger partial charge in [-0.3, -0.25) is 4.79 Å². The van der Waals surface area contributed by atoms with Crippen molar-refractivity contribution < 1.29 is 13.9 Å². The second-order valence-electron chi connectivity index (χ2n) is 2.53. The number of methoxy groups -OCH3 is 1. The van der Waals surface area contributed by atoms with E-state index in [1.54, 1.807) is 6.26 Å². The van der Waals surface area contributed by atoms with Crippen LogP contribution >= 0.6 is 11.8 Å². The zero-order chi connectivity index (χ0) is 10.7. The molecule has 76 valence electrons. The highest BCUT2D eigenvalue weighted by atomic mass is 32.2. The maximum Gasteiger partial charge on any atom is 0.251 e. The molecule has 0 bridgehead atoms. The van der Waals surface area contributed by atoms with E-state index < -0.39 is 11.7 Å². The van der Waals surface area contributed by atoms with Crippen molar-refractivity contribution in [3.63, 3.8) is 0 Å². The molecule has 1 aromatic carbocycles. The molecule has 0 heterocycles. The first-order chi connectivity index (χ1) is 6.61. The third-order valence-corrected chi connectivity index (χ3v) is 2.54. The number of primary amides is 1. The summed E-state index contributed by atoms with van der Waals surface area (Å²) in [5.74, 6) is -0.996.